The van der Waals surface area contributed by atoms with Crippen LogP contribution >= 0.6 is 0 Å². The Kier molecular flexibility index (Phi) is 5.00. The van der Waals surface area contributed by atoms with E-state index in [4.69, 9.17) is 15.2 Å². The van der Waals surface area contributed by atoms with Crippen LogP contribution in [0.15, 0.2) is 24.3 Å². The van der Waals surface area contributed by atoms with Gasteiger partial charge in [0.2, 0.25) is 5.78 Å². The van der Waals surface area contributed by atoms with Crippen LogP contribution in [0.25, 0.3) is 0 Å². The fourth-order valence-corrected chi connectivity index (χ4v) is 2.14. The standard InChI is InChI=1S/C16H19N3O4/c1-4-19-14(16(21)23-5-2)9-13(18-19)15(20)11-8-10(22-3)6-7-12(11)17/h6-9H,4-5,17H2,1-3H3. The first-order chi connectivity index (χ1) is 11.0. The molecule has 23 heavy (non-hydrogen) atoms. The lowest BCUT2D eigenvalue weighted by Gasteiger charge is -2.05. The minimum Gasteiger partial charge on any atom is -0.497 e. The van der Waals surface area contributed by atoms with Gasteiger partial charge in [0.25, 0.3) is 0 Å². The van der Waals surface area contributed by atoms with Crippen molar-refractivity contribution < 1.29 is 19.1 Å². The fraction of sp³-hybridized carbons (Fsp3) is 0.312. The van der Waals surface area contributed by atoms with E-state index < -0.39 is 5.97 Å². The van der Waals surface area contributed by atoms with Crippen molar-refractivity contribution in [3.05, 3.63) is 41.2 Å². The number of methoxy groups -OCH3 is 1. The molecular formula is C16H19N3O4. The molecular weight excluding hydrogens is 298 g/mol. The molecule has 1 heterocycles. The van der Waals surface area contributed by atoms with Crippen molar-refractivity contribution in [3.8, 4) is 5.75 Å². The quantitative estimate of drug-likeness (QED) is 0.496. The molecule has 0 aliphatic carbocycles. The first-order valence-corrected chi connectivity index (χ1v) is 7.25. The first kappa shape index (κ1) is 16.5. The van der Waals surface area contributed by atoms with Crippen LogP contribution in [0.3, 0.4) is 0 Å². The molecule has 2 rings (SSSR count). The number of nitrogens with two attached hydrogens (primary N) is 1. The number of hydrogen-bond donors (Lipinski definition) is 1. The second kappa shape index (κ2) is 6.95. The predicted molar refractivity (Wildman–Crippen MR) is 84.7 cm³/mol. The molecule has 1 aromatic heterocycles. The number of nitrogens with zero attached hydrogens (tertiary/aromatic N) is 2. The molecule has 122 valence electrons. The highest BCUT2D eigenvalue weighted by Crippen LogP contribution is 2.22. The van der Waals surface area contributed by atoms with Crippen molar-refractivity contribution >= 4 is 17.4 Å². The molecule has 0 amide bonds. The van der Waals surface area contributed by atoms with Gasteiger partial charge in [-0.25, -0.2) is 4.79 Å². The molecule has 0 saturated heterocycles. The summed E-state index contributed by atoms with van der Waals surface area (Å²) in [6.45, 7) is 4.23. The van der Waals surface area contributed by atoms with Crippen LogP contribution in [0.2, 0.25) is 0 Å². The topological polar surface area (TPSA) is 96.4 Å². The van der Waals surface area contributed by atoms with Crippen LogP contribution in [0.1, 0.15) is 40.4 Å². The summed E-state index contributed by atoms with van der Waals surface area (Å²) in [4.78, 5) is 24.6. The Bertz CT molecular complexity index is 737. The lowest BCUT2D eigenvalue weighted by atomic mass is 10.1. The molecule has 0 aliphatic rings. The maximum absolute atomic E-state index is 12.6. The summed E-state index contributed by atoms with van der Waals surface area (Å²) in [7, 11) is 1.50. The van der Waals surface area contributed by atoms with Gasteiger partial charge in [-0.3, -0.25) is 9.48 Å². The van der Waals surface area contributed by atoms with E-state index in [0.717, 1.165) is 0 Å². The molecule has 0 spiro atoms. The van der Waals surface area contributed by atoms with Gasteiger partial charge in [-0.2, -0.15) is 5.10 Å². The van der Waals surface area contributed by atoms with Crippen molar-refractivity contribution in [1.82, 2.24) is 9.78 Å². The Balaban J connectivity index is 2.42. The Morgan fingerprint density at radius 1 is 1.26 bits per heavy atom. The molecule has 2 aromatic rings. The average Bonchev–Trinajstić information content (AvgIpc) is 2.99. The largest absolute Gasteiger partial charge is 0.497 e. The molecule has 0 fully saturated rings. The highest BCUT2D eigenvalue weighted by atomic mass is 16.5. The van der Waals surface area contributed by atoms with Crippen molar-refractivity contribution in [2.24, 2.45) is 0 Å². The minimum atomic E-state index is -0.514. The number of anilines is 1. The number of esters is 1. The van der Waals surface area contributed by atoms with Crippen molar-refractivity contribution in [1.29, 1.82) is 0 Å². The smallest absolute Gasteiger partial charge is 0.356 e. The summed E-state index contributed by atoms with van der Waals surface area (Å²) < 4.78 is 11.5. The number of ketones is 1. The van der Waals surface area contributed by atoms with Crippen LogP contribution in [0.5, 0.6) is 5.75 Å². The monoisotopic (exact) mass is 317 g/mol. The number of ether oxygens (including phenoxy) is 2. The van der Waals surface area contributed by atoms with Gasteiger partial charge in [0, 0.05) is 18.3 Å². The number of hydrogen-bond acceptors (Lipinski definition) is 6. The summed E-state index contributed by atoms with van der Waals surface area (Å²) in [5, 5.41) is 4.17. The molecule has 1 aromatic carbocycles. The van der Waals surface area contributed by atoms with Crippen molar-refractivity contribution in [2.75, 3.05) is 19.5 Å². The van der Waals surface area contributed by atoms with Gasteiger partial charge in [0.05, 0.1) is 19.3 Å². The second-order valence-corrected chi connectivity index (χ2v) is 4.73. The molecule has 2 N–H and O–H groups in total. The molecule has 0 radical (unpaired) electrons. The summed E-state index contributed by atoms with van der Waals surface area (Å²) in [6.07, 6.45) is 0. The van der Waals surface area contributed by atoms with Gasteiger partial charge in [-0.15, -0.1) is 0 Å². The van der Waals surface area contributed by atoms with Gasteiger partial charge in [0.1, 0.15) is 17.1 Å². The van der Waals surface area contributed by atoms with Crippen LogP contribution < -0.4 is 10.5 Å². The van der Waals surface area contributed by atoms with Gasteiger partial charge < -0.3 is 15.2 Å². The van der Waals surface area contributed by atoms with E-state index in [1.165, 1.54) is 17.9 Å². The Hall–Kier alpha value is -2.83. The molecule has 0 aliphatic heterocycles. The maximum Gasteiger partial charge on any atom is 0.356 e. The number of carbonyl (C=O) groups is 2. The minimum absolute atomic E-state index is 0.134. The molecule has 0 unspecified atom stereocenters. The summed E-state index contributed by atoms with van der Waals surface area (Å²) >= 11 is 0. The fourth-order valence-electron chi connectivity index (χ4n) is 2.14. The Morgan fingerprint density at radius 2 is 2.00 bits per heavy atom. The lowest BCUT2D eigenvalue weighted by molar-refractivity contribution is 0.0512. The van der Waals surface area contributed by atoms with Crippen molar-refractivity contribution in [2.45, 2.75) is 20.4 Å². The van der Waals surface area contributed by atoms with Gasteiger partial charge in [-0.1, -0.05) is 0 Å². The second-order valence-electron chi connectivity index (χ2n) is 4.73. The summed E-state index contributed by atoms with van der Waals surface area (Å²) in [6, 6.07) is 6.23. The number of nitrogen functional groups attached to an aromatic ring is 1. The van der Waals surface area contributed by atoms with Gasteiger partial charge in [0.15, 0.2) is 0 Å². The number of aryl methyl sites for hydroxylation is 1. The number of carbonyl (C=O) groups excluding carboxylic acids is 2. The summed E-state index contributed by atoms with van der Waals surface area (Å²) in [5.41, 5.74) is 6.83. The maximum atomic E-state index is 12.6. The van der Waals surface area contributed by atoms with E-state index >= 15 is 0 Å². The van der Waals surface area contributed by atoms with Gasteiger partial charge >= 0.3 is 5.97 Å². The van der Waals surface area contributed by atoms with E-state index in [2.05, 4.69) is 5.10 Å². The zero-order valence-corrected chi connectivity index (χ0v) is 13.3. The van der Waals surface area contributed by atoms with E-state index in [-0.39, 0.29) is 29.3 Å². The summed E-state index contributed by atoms with van der Waals surface area (Å²) in [5.74, 6) is -0.373. The zero-order chi connectivity index (χ0) is 17.0. The lowest BCUT2D eigenvalue weighted by Crippen LogP contribution is -2.12. The number of benzene rings is 1. The first-order valence-electron chi connectivity index (χ1n) is 7.25. The predicted octanol–water partition coefficient (Wildman–Crippen LogP) is 1.90. The molecule has 0 bridgehead atoms. The average molecular weight is 317 g/mol. The van der Waals surface area contributed by atoms with Crippen LogP contribution in [0.4, 0.5) is 5.69 Å². The van der Waals surface area contributed by atoms with E-state index in [1.54, 1.807) is 25.1 Å². The normalized spacial score (nSPS) is 10.4. The molecule has 0 atom stereocenters. The van der Waals surface area contributed by atoms with E-state index in [0.29, 0.717) is 18.0 Å². The Labute approximate surface area is 134 Å². The van der Waals surface area contributed by atoms with Crippen molar-refractivity contribution in [3.63, 3.8) is 0 Å². The zero-order valence-electron chi connectivity index (χ0n) is 13.3. The van der Waals surface area contributed by atoms with E-state index in [1.807, 2.05) is 6.92 Å². The SMILES string of the molecule is CCOC(=O)c1cc(C(=O)c2cc(OC)ccc2N)nn1CC. The molecule has 7 heteroatoms. The third-order valence-corrected chi connectivity index (χ3v) is 3.30. The van der Waals surface area contributed by atoms with Crippen LogP contribution in [0, 0.1) is 0 Å². The number of aromatic nitrogens is 2. The highest BCUT2D eigenvalue weighted by molar-refractivity contribution is 6.11. The number of rotatable bonds is 6. The molecule has 7 nitrogen and oxygen atoms in total. The third kappa shape index (κ3) is 3.33. The third-order valence-electron chi connectivity index (χ3n) is 3.30. The van der Waals surface area contributed by atoms with E-state index in [9.17, 15) is 9.59 Å². The highest BCUT2D eigenvalue weighted by Gasteiger charge is 2.22. The molecule has 0 saturated carbocycles. The van der Waals surface area contributed by atoms with Gasteiger partial charge in [-0.05, 0) is 32.0 Å². The van der Waals surface area contributed by atoms with Crippen LogP contribution in [-0.2, 0) is 11.3 Å². The van der Waals surface area contributed by atoms with Crippen LogP contribution in [-0.4, -0.2) is 35.2 Å². The Morgan fingerprint density at radius 3 is 2.61 bits per heavy atom.